The molecule has 6 nitrogen and oxygen atoms in total. The van der Waals surface area contributed by atoms with Crippen molar-refractivity contribution in [2.75, 3.05) is 6.61 Å². The van der Waals surface area contributed by atoms with Gasteiger partial charge >= 0.3 is 5.97 Å². The van der Waals surface area contributed by atoms with E-state index in [1.807, 2.05) is 0 Å². The fourth-order valence-corrected chi connectivity index (χ4v) is 1.07. The predicted octanol–water partition coefficient (Wildman–Crippen LogP) is -0.358. The van der Waals surface area contributed by atoms with E-state index in [-0.39, 0.29) is 19.1 Å². The molecule has 0 aromatic carbocycles. The van der Waals surface area contributed by atoms with Crippen LogP contribution < -0.4 is 0 Å². The summed E-state index contributed by atoms with van der Waals surface area (Å²) in [5.41, 5.74) is 1.16. The number of aromatic nitrogens is 3. The fourth-order valence-electron chi connectivity index (χ4n) is 1.07. The summed E-state index contributed by atoms with van der Waals surface area (Å²) in [4.78, 5) is 11.1. The lowest BCUT2D eigenvalue weighted by Gasteiger charge is -2.03. The summed E-state index contributed by atoms with van der Waals surface area (Å²) in [5.74, 6) is -0.382. The molecule has 0 atom stereocenters. The van der Waals surface area contributed by atoms with Crippen LogP contribution in [0.2, 0.25) is 0 Å². The number of rotatable bonds is 4. The number of hydrogen-bond acceptors (Lipinski definition) is 5. The van der Waals surface area contributed by atoms with Crippen molar-refractivity contribution in [1.29, 1.82) is 0 Å². The van der Waals surface area contributed by atoms with Crippen molar-refractivity contribution in [2.45, 2.75) is 27.0 Å². The van der Waals surface area contributed by atoms with E-state index >= 15 is 0 Å². The molecule has 0 saturated carbocycles. The van der Waals surface area contributed by atoms with Gasteiger partial charge in [-0.1, -0.05) is 5.21 Å². The van der Waals surface area contributed by atoms with Gasteiger partial charge in [0, 0.05) is 0 Å². The second-order valence-electron chi connectivity index (χ2n) is 2.74. The Bertz CT molecular complexity index is 322. The molecule has 0 spiro atoms. The van der Waals surface area contributed by atoms with Gasteiger partial charge in [-0.2, -0.15) is 0 Å². The average Bonchev–Trinajstić information content (AvgIpc) is 2.47. The van der Waals surface area contributed by atoms with Crippen LogP contribution >= 0.6 is 0 Å². The Morgan fingerprint density at radius 2 is 2.36 bits per heavy atom. The molecule has 0 aliphatic carbocycles. The fraction of sp³-hybridized carbons (Fsp3) is 0.625. The van der Waals surface area contributed by atoms with Crippen LogP contribution in [0.3, 0.4) is 0 Å². The summed E-state index contributed by atoms with van der Waals surface area (Å²) < 4.78 is 6.09. The van der Waals surface area contributed by atoms with E-state index in [9.17, 15) is 4.79 Å². The normalized spacial score (nSPS) is 10.2. The lowest BCUT2D eigenvalue weighted by Crippen LogP contribution is -2.16. The van der Waals surface area contributed by atoms with Crippen molar-refractivity contribution in [1.82, 2.24) is 15.0 Å². The van der Waals surface area contributed by atoms with Crippen LogP contribution in [-0.2, 0) is 22.7 Å². The zero-order chi connectivity index (χ0) is 10.6. The van der Waals surface area contributed by atoms with E-state index in [2.05, 4.69) is 10.3 Å². The molecule has 78 valence electrons. The molecule has 6 heteroatoms. The van der Waals surface area contributed by atoms with E-state index in [1.165, 1.54) is 4.68 Å². The zero-order valence-electron chi connectivity index (χ0n) is 8.23. The number of hydrogen-bond donors (Lipinski definition) is 1. The molecule has 0 saturated heterocycles. The minimum atomic E-state index is -0.382. The third-order valence-electron chi connectivity index (χ3n) is 1.77. The molecule has 14 heavy (non-hydrogen) atoms. The smallest absolute Gasteiger partial charge is 0.327 e. The molecule has 1 aromatic heterocycles. The van der Waals surface area contributed by atoms with Gasteiger partial charge in [-0.15, -0.1) is 5.10 Å². The van der Waals surface area contributed by atoms with Gasteiger partial charge < -0.3 is 9.84 Å². The number of aryl methyl sites for hydroxylation is 1. The van der Waals surface area contributed by atoms with Crippen molar-refractivity contribution in [3.63, 3.8) is 0 Å². The van der Waals surface area contributed by atoms with Crippen LogP contribution in [0.5, 0.6) is 0 Å². The van der Waals surface area contributed by atoms with E-state index in [0.29, 0.717) is 18.0 Å². The number of ether oxygens (including phenoxy) is 1. The van der Waals surface area contributed by atoms with Gasteiger partial charge in [0.15, 0.2) is 0 Å². The number of nitrogens with zero attached hydrogens (tertiary/aromatic N) is 3. The standard InChI is InChI=1S/C8H13N3O3/c1-3-14-8(13)4-11-7(5-12)6(2)9-10-11/h12H,3-5H2,1-2H3. The molecule has 1 rings (SSSR count). The molecule has 1 aromatic rings. The van der Waals surface area contributed by atoms with Gasteiger partial charge in [-0.3, -0.25) is 4.79 Å². The quantitative estimate of drug-likeness (QED) is 0.670. The first kappa shape index (κ1) is 10.6. The predicted molar refractivity (Wildman–Crippen MR) is 47.3 cm³/mol. The maximum absolute atomic E-state index is 11.1. The van der Waals surface area contributed by atoms with Crippen LogP contribution in [-0.4, -0.2) is 32.7 Å². The van der Waals surface area contributed by atoms with E-state index < -0.39 is 0 Å². The molecule has 0 fully saturated rings. The van der Waals surface area contributed by atoms with Gasteiger partial charge in [0.25, 0.3) is 0 Å². The molecule has 0 unspecified atom stereocenters. The summed E-state index contributed by atoms with van der Waals surface area (Å²) in [6, 6.07) is 0. The Balaban J connectivity index is 2.71. The van der Waals surface area contributed by atoms with Crippen LogP contribution in [0, 0.1) is 6.92 Å². The summed E-state index contributed by atoms with van der Waals surface area (Å²) in [6.07, 6.45) is 0. The molecule has 0 radical (unpaired) electrons. The highest BCUT2D eigenvalue weighted by Gasteiger charge is 2.11. The second kappa shape index (κ2) is 4.71. The highest BCUT2D eigenvalue weighted by Crippen LogP contribution is 2.03. The van der Waals surface area contributed by atoms with Crippen molar-refractivity contribution in [3.8, 4) is 0 Å². The van der Waals surface area contributed by atoms with Gasteiger partial charge in [0.05, 0.1) is 24.6 Å². The molecule has 0 amide bonds. The largest absolute Gasteiger partial charge is 0.465 e. The zero-order valence-corrected chi connectivity index (χ0v) is 8.23. The minimum absolute atomic E-state index is 0.00935. The number of carbonyl (C=O) groups excluding carboxylic acids is 1. The topological polar surface area (TPSA) is 77.2 Å². The van der Waals surface area contributed by atoms with Crippen LogP contribution in [0.15, 0.2) is 0 Å². The lowest BCUT2D eigenvalue weighted by molar-refractivity contribution is -0.144. The average molecular weight is 199 g/mol. The van der Waals surface area contributed by atoms with Crippen LogP contribution in [0.4, 0.5) is 0 Å². The van der Waals surface area contributed by atoms with Crippen molar-refractivity contribution in [3.05, 3.63) is 11.4 Å². The first-order valence-electron chi connectivity index (χ1n) is 4.34. The maximum Gasteiger partial charge on any atom is 0.327 e. The van der Waals surface area contributed by atoms with Crippen molar-refractivity contribution < 1.29 is 14.6 Å². The Morgan fingerprint density at radius 3 is 2.93 bits per heavy atom. The number of carbonyl (C=O) groups is 1. The minimum Gasteiger partial charge on any atom is -0.465 e. The van der Waals surface area contributed by atoms with Gasteiger partial charge in [0.1, 0.15) is 6.54 Å². The van der Waals surface area contributed by atoms with Gasteiger partial charge in [-0.25, -0.2) is 4.68 Å². The molecule has 1 heterocycles. The van der Waals surface area contributed by atoms with E-state index in [4.69, 9.17) is 9.84 Å². The third-order valence-corrected chi connectivity index (χ3v) is 1.77. The molecule has 0 aliphatic rings. The Hall–Kier alpha value is -1.43. The van der Waals surface area contributed by atoms with Crippen molar-refractivity contribution >= 4 is 5.97 Å². The first-order valence-corrected chi connectivity index (χ1v) is 4.34. The monoisotopic (exact) mass is 199 g/mol. The molecule has 1 N–H and O–H groups in total. The van der Waals surface area contributed by atoms with E-state index in [0.717, 1.165) is 0 Å². The van der Waals surface area contributed by atoms with Gasteiger partial charge in [0.2, 0.25) is 0 Å². The van der Waals surface area contributed by atoms with Crippen molar-refractivity contribution in [2.24, 2.45) is 0 Å². The Morgan fingerprint density at radius 1 is 1.64 bits per heavy atom. The highest BCUT2D eigenvalue weighted by molar-refractivity contribution is 5.69. The van der Waals surface area contributed by atoms with Gasteiger partial charge in [-0.05, 0) is 13.8 Å². The molecule has 0 bridgehead atoms. The molecule has 0 aliphatic heterocycles. The Kier molecular flexibility index (Phi) is 3.58. The maximum atomic E-state index is 11.1. The number of aliphatic hydroxyl groups is 1. The summed E-state index contributed by atoms with van der Waals surface area (Å²) in [6.45, 7) is 3.60. The summed E-state index contributed by atoms with van der Waals surface area (Å²) in [7, 11) is 0. The van der Waals surface area contributed by atoms with Crippen LogP contribution in [0.25, 0.3) is 0 Å². The molecular weight excluding hydrogens is 186 g/mol. The molecular formula is C8H13N3O3. The summed E-state index contributed by atoms with van der Waals surface area (Å²) >= 11 is 0. The third kappa shape index (κ3) is 2.29. The number of aliphatic hydroxyl groups excluding tert-OH is 1. The number of esters is 1. The van der Waals surface area contributed by atoms with E-state index in [1.54, 1.807) is 13.8 Å². The summed E-state index contributed by atoms with van der Waals surface area (Å²) in [5, 5.41) is 16.4. The Labute approximate surface area is 81.5 Å². The van der Waals surface area contributed by atoms with Crippen LogP contribution in [0.1, 0.15) is 18.3 Å². The lowest BCUT2D eigenvalue weighted by atomic mass is 10.3. The SMILES string of the molecule is CCOC(=O)Cn1nnc(C)c1CO. The first-order chi connectivity index (χ1) is 6.69. The second-order valence-corrected chi connectivity index (χ2v) is 2.74. The highest BCUT2D eigenvalue weighted by atomic mass is 16.5.